The topological polar surface area (TPSA) is 99.2 Å². The smallest absolute Gasteiger partial charge is 0.259 e. The predicted molar refractivity (Wildman–Crippen MR) is 67.6 cm³/mol. The molecule has 104 valence electrons. The van der Waals surface area contributed by atoms with Gasteiger partial charge in [0.1, 0.15) is 0 Å². The third-order valence-corrected chi connectivity index (χ3v) is 3.86. The number of ether oxygens (including phenoxy) is 1. The van der Waals surface area contributed by atoms with Gasteiger partial charge in [-0.25, -0.2) is 18.1 Å². The van der Waals surface area contributed by atoms with Gasteiger partial charge in [-0.15, -0.1) is 0 Å². The number of nitrogens with two attached hydrogens (primary N) is 1. The number of sulfonamides is 1. The maximum atomic E-state index is 12.0. The number of methoxy groups -OCH3 is 1. The lowest BCUT2D eigenvalue weighted by molar-refractivity contribution is 0.172. The fourth-order valence-corrected chi connectivity index (χ4v) is 2.72. The first kappa shape index (κ1) is 15.1. The van der Waals surface area contributed by atoms with Crippen LogP contribution in [-0.2, 0) is 21.3 Å². The van der Waals surface area contributed by atoms with Gasteiger partial charge in [0.05, 0.1) is 12.9 Å². The van der Waals surface area contributed by atoms with Gasteiger partial charge in [-0.3, -0.25) is 0 Å². The average molecular weight is 276 g/mol. The normalized spacial score (nSPS) is 13.7. The van der Waals surface area contributed by atoms with Crippen molar-refractivity contribution in [1.29, 1.82) is 0 Å². The van der Waals surface area contributed by atoms with E-state index in [2.05, 4.69) is 9.71 Å². The molecule has 1 heterocycles. The predicted octanol–water partition coefficient (Wildman–Crippen LogP) is -0.455. The van der Waals surface area contributed by atoms with Gasteiger partial charge in [0.25, 0.3) is 10.0 Å². The zero-order valence-corrected chi connectivity index (χ0v) is 11.5. The summed E-state index contributed by atoms with van der Waals surface area (Å²) < 4.78 is 33.3. The van der Waals surface area contributed by atoms with Crippen LogP contribution in [0.4, 0.5) is 0 Å². The molecular formula is C10H20N4O3S. The highest BCUT2D eigenvalue weighted by Crippen LogP contribution is 2.07. The van der Waals surface area contributed by atoms with Crippen LogP contribution in [-0.4, -0.2) is 44.3 Å². The van der Waals surface area contributed by atoms with Crippen LogP contribution in [0.2, 0.25) is 0 Å². The van der Waals surface area contributed by atoms with Crippen LogP contribution in [0.3, 0.4) is 0 Å². The fraction of sp³-hybridized carbons (Fsp3) is 0.700. The van der Waals surface area contributed by atoms with E-state index in [1.165, 1.54) is 19.6 Å². The Kier molecular flexibility index (Phi) is 5.73. The van der Waals surface area contributed by atoms with E-state index in [9.17, 15) is 8.42 Å². The lowest BCUT2D eigenvalue weighted by Gasteiger charge is -2.16. The molecule has 3 N–H and O–H groups in total. The summed E-state index contributed by atoms with van der Waals surface area (Å²) in [6.45, 7) is 3.26. The van der Waals surface area contributed by atoms with Crippen molar-refractivity contribution in [3.8, 4) is 0 Å². The molecule has 1 rings (SSSR count). The van der Waals surface area contributed by atoms with Crippen molar-refractivity contribution in [3.63, 3.8) is 0 Å². The molecule has 0 amide bonds. The number of aromatic nitrogens is 2. The molecule has 0 saturated carbocycles. The van der Waals surface area contributed by atoms with Crippen LogP contribution in [0.5, 0.6) is 0 Å². The van der Waals surface area contributed by atoms with Gasteiger partial charge in [-0.2, -0.15) is 0 Å². The van der Waals surface area contributed by atoms with E-state index < -0.39 is 10.0 Å². The molecule has 0 saturated heterocycles. The van der Waals surface area contributed by atoms with Crippen LogP contribution in [0, 0.1) is 0 Å². The van der Waals surface area contributed by atoms with Gasteiger partial charge >= 0.3 is 0 Å². The van der Waals surface area contributed by atoms with Crippen molar-refractivity contribution in [2.75, 3.05) is 20.3 Å². The first-order chi connectivity index (χ1) is 8.53. The first-order valence-electron chi connectivity index (χ1n) is 5.76. The number of nitrogens with one attached hydrogen (secondary N) is 1. The van der Waals surface area contributed by atoms with E-state index in [-0.39, 0.29) is 17.7 Å². The highest BCUT2D eigenvalue weighted by Gasteiger charge is 2.21. The molecule has 8 heteroatoms. The standard InChI is InChI=1S/C10H20N4O3S/c1-3-14-6-10(12-8-14)18(15,16)13-9(4-5-11)7-17-2/h6,8-9,13H,3-5,7,11H2,1-2H3. The Hall–Kier alpha value is -0.960. The maximum Gasteiger partial charge on any atom is 0.259 e. The summed E-state index contributed by atoms with van der Waals surface area (Å²) in [5.41, 5.74) is 5.43. The number of aryl methyl sites for hydroxylation is 1. The fourth-order valence-electron chi connectivity index (χ4n) is 1.51. The summed E-state index contributed by atoms with van der Waals surface area (Å²) >= 11 is 0. The van der Waals surface area contributed by atoms with Gasteiger partial charge in [-0.05, 0) is 19.9 Å². The van der Waals surface area contributed by atoms with Crippen LogP contribution in [0.1, 0.15) is 13.3 Å². The summed E-state index contributed by atoms with van der Waals surface area (Å²) in [5, 5.41) is 0.0162. The summed E-state index contributed by atoms with van der Waals surface area (Å²) in [6.07, 6.45) is 3.50. The first-order valence-corrected chi connectivity index (χ1v) is 7.25. The van der Waals surface area contributed by atoms with Gasteiger partial charge in [0, 0.05) is 25.9 Å². The molecule has 0 bridgehead atoms. The number of nitrogens with zero attached hydrogens (tertiary/aromatic N) is 2. The molecule has 0 aliphatic carbocycles. The third kappa shape index (κ3) is 4.05. The van der Waals surface area contributed by atoms with Crippen molar-refractivity contribution in [2.45, 2.75) is 31.0 Å². The van der Waals surface area contributed by atoms with Gasteiger partial charge in [-0.1, -0.05) is 0 Å². The van der Waals surface area contributed by atoms with Crippen molar-refractivity contribution in [3.05, 3.63) is 12.5 Å². The van der Waals surface area contributed by atoms with Crippen LogP contribution < -0.4 is 10.5 Å². The van der Waals surface area contributed by atoms with Crippen LogP contribution in [0.25, 0.3) is 0 Å². The lowest BCUT2D eigenvalue weighted by Crippen LogP contribution is -2.39. The van der Waals surface area contributed by atoms with Crippen molar-refractivity contribution in [2.24, 2.45) is 5.73 Å². The van der Waals surface area contributed by atoms with Crippen molar-refractivity contribution < 1.29 is 13.2 Å². The molecule has 0 spiro atoms. The Morgan fingerprint density at radius 1 is 1.61 bits per heavy atom. The molecular weight excluding hydrogens is 256 g/mol. The number of hydrogen-bond donors (Lipinski definition) is 2. The van der Waals surface area contributed by atoms with Gasteiger partial charge in [0.2, 0.25) is 0 Å². The molecule has 1 aromatic rings. The van der Waals surface area contributed by atoms with E-state index >= 15 is 0 Å². The average Bonchev–Trinajstić information content (AvgIpc) is 2.78. The minimum Gasteiger partial charge on any atom is -0.383 e. The van der Waals surface area contributed by atoms with Gasteiger partial charge < -0.3 is 15.0 Å². The SMILES string of the molecule is CCn1cnc(S(=O)(=O)NC(CCN)COC)c1. The maximum absolute atomic E-state index is 12.0. The van der Waals surface area contributed by atoms with Crippen LogP contribution >= 0.6 is 0 Å². The molecule has 0 aromatic carbocycles. The Morgan fingerprint density at radius 2 is 2.33 bits per heavy atom. The molecule has 0 aliphatic rings. The van der Waals surface area contributed by atoms with E-state index in [1.807, 2.05) is 6.92 Å². The second-order valence-electron chi connectivity index (χ2n) is 3.89. The number of rotatable bonds is 8. The third-order valence-electron chi connectivity index (χ3n) is 2.45. The van der Waals surface area contributed by atoms with E-state index in [0.29, 0.717) is 19.5 Å². The summed E-state index contributed by atoms with van der Waals surface area (Å²) in [4.78, 5) is 3.87. The minimum absolute atomic E-state index is 0.0162. The zero-order chi connectivity index (χ0) is 13.6. The highest BCUT2D eigenvalue weighted by atomic mass is 32.2. The molecule has 0 radical (unpaired) electrons. The van der Waals surface area contributed by atoms with E-state index in [0.717, 1.165) is 0 Å². The van der Waals surface area contributed by atoms with E-state index in [1.54, 1.807) is 4.57 Å². The van der Waals surface area contributed by atoms with E-state index in [4.69, 9.17) is 10.5 Å². The second kappa shape index (κ2) is 6.83. The zero-order valence-electron chi connectivity index (χ0n) is 10.7. The molecule has 1 unspecified atom stereocenters. The Balaban J connectivity index is 2.78. The molecule has 1 aromatic heterocycles. The van der Waals surface area contributed by atoms with Crippen LogP contribution in [0.15, 0.2) is 17.6 Å². The molecule has 7 nitrogen and oxygen atoms in total. The Morgan fingerprint density at radius 3 is 2.83 bits per heavy atom. The van der Waals surface area contributed by atoms with Crippen molar-refractivity contribution in [1.82, 2.24) is 14.3 Å². The molecule has 18 heavy (non-hydrogen) atoms. The lowest BCUT2D eigenvalue weighted by atomic mass is 10.2. The molecule has 0 fully saturated rings. The largest absolute Gasteiger partial charge is 0.383 e. The Bertz CT molecular complexity index is 451. The summed E-state index contributed by atoms with van der Waals surface area (Å²) in [6, 6.07) is -0.336. The minimum atomic E-state index is -3.61. The summed E-state index contributed by atoms with van der Waals surface area (Å²) in [7, 11) is -2.09. The van der Waals surface area contributed by atoms with Crippen molar-refractivity contribution >= 4 is 10.0 Å². The quantitative estimate of drug-likeness (QED) is 0.669. The molecule has 0 aliphatic heterocycles. The highest BCUT2D eigenvalue weighted by molar-refractivity contribution is 7.89. The number of imidazole rings is 1. The Labute approximate surface area is 107 Å². The molecule has 1 atom stereocenters. The number of hydrogen-bond acceptors (Lipinski definition) is 5. The monoisotopic (exact) mass is 276 g/mol. The summed E-state index contributed by atoms with van der Waals surface area (Å²) in [5.74, 6) is 0. The second-order valence-corrected chi connectivity index (χ2v) is 5.55. The van der Waals surface area contributed by atoms with Gasteiger partial charge in [0.15, 0.2) is 5.03 Å².